The Hall–Kier alpha value is -0.850. The molecule has 1 N–H and O–H groups in total. The molecular formula is C18H32N2O4. The van der Waals surface area contributed by atoms with Crippen LogP contribution in [0.15, 0.2) is 0 Å². The fourth-order valence-electron chi connectivity index (χ4n) is 3.92. The summed E-state index contributed by atoms with van der Waals surface area (Å²) in [4.78, 5) is 14.1. The van der Waals surface area contributed by atoms with Crippen LogP contribution in [0.25, 0.3) is 0 Å². The van der Waals surface area contributed by atoms with Gasteiger partial charge in [-0.3, -0.25) is 0 Å². The maximum Gasteiger partial charge on any atom is 0.317 e. The van der Waals surface area contributed by atoms with Crippen LogP contribution in [0, 0.1) is 0 Å². The van der Waals surface area contributed by atoms with Gasteiger partial charge in [0.15, 0.2) is 5.79 Å². The summed E-state index contributed by atoms with van der Waals surface area (Å²) in [5.41, 5.74) is 0. The van der Waals surface area contributed by atoms with Crippen molar-refractivity contribution >= 4 is 6.03 Å². The van der Waals surface area contributed by atoms with Gasteiger partial charge < -0.3 is 24.4 Å². The van der Waals surface area contributed by atoms with Crippen molar-refractivity contribution in [1.82, 2.24) is 10.2 Å². The molecule has 2 saturated heterocycles. The zero-order valence-corrected chi connectivity index (χ0v) is 14.9. The molecule has 2 aliphatic heterocycles. The number of amides is 2. The molecule has 6 nitrogen and oxygen atoms in total. The molecular weight excluding hydrogens is 308 g/mol. The Morgan fingerprint density at radius 3 is 2.54 bits per heavy atom. The molecule has 3 rings (SSSR count). The number of carbonyl (C=O) groups is 1. The minimum Gasteiger partial charge on any atom is -0.376 e. The van der Waals surface area contributed by atoms with Crippen molar-refractivity contribution in [3.8, 4) is 0 Å². The summed E-state index contributed by atoms with van der Waals surface area (Å²) in [5, 5.41) is 2.98. The highest BCUT2D eigenvalue weighted by atomic mass is 16.7. The number of hydrogen-bond donors (Lipinski definition) is 1. The number of piperidine rings is 1. The molecule has 1 unspecified atom stereocenters. The number of carbonyl (C=O) groups excluding carboxylic acids is 1. The smallest absolute Gasteiger partial charge is 0.317 e. The summed E-state index contributed by atoms with van der Waals surface area (Å²) in [5.74, 6) is -0.446. The zero-order chi connectivity index (χ0) is 16.8. The molecule has 3 fully saturated rings. The van der Waals surface area contributed by atoms with Crippen molar-refractivity contribution in [2.24, 2.45) is 0 Å². The lowest BCUT2D eigenvalue weighted by Gasteiger charge is -2.37. The summed E-state index contributed by atoms with van der Waals surface area (Å²) < 4.78 is 17.6. The minimum absolute atomic E-state index is 0.000335. The fraction of sp³-hybridized carbons (Fsp3) is 0.944. The molecule has 1 aliphatic carbocycles. The van der Waals surface area contributed by atoms with E-state index in [9.17, 15) is 4.79 Å². The van der Waals surface area contributed by atoms with Crippen LogP contribution in [0.2, 0.25) is 0 Å². The van der Waals surface area contributed by atoms with E-state index in [2.05, 4.69) is 5.32 Å². The molecule has 3 aliphatic rings. The maximum atomic E-state index is 12.2. The second-order valence-electron chi connectivity index (χ2n) is 7.35. The Bertz CT molecular complexity index is 402. The Kier molecular flexibility index (Phi) is 6.36. The zero-order valence-electron chi connectivity index (χ0n) is 14.9. The molecule has 0 aromatic carbocycles. The van der Waals surface area contributed by atoms with Gasteiger partial charge in [0.1, 0.15) is 0 Å². The number of nitrogens with zero attached hydrogens (tertiary/aromatic N) is 1. The highest BCUT2D eigenvalue weighted by Crippen LogP contribution is 2.33. The first-order chi connectivity index (χ1) is 11.7. The largest absolute Gasteiger partial charge is 0.376 e. The molecule has 0 aromatic rings. The van der Waals surface area contributed by atoms with Crippen LogP contribution in [0.5, 0.6) is 0 Å². The minimum atomic E-state index is -0.446. The Morgan fingerprint density at radius 1 is 1.21 bits per heavy atom. The van der Waals surface area contributed by atoms with Gasteiger partial charge >= 0.3 is 6.03 Å². The molecule has 2 heterocycles. The van der Waals surface area contributed by atoms with E-state index in [1.54, 1.807) is 0 Å². The third kappa shape index (κ3) is 4.83. The lowest BCUT2D eigenvalue weighted by Crippen LogP contribution is -2.50. The number of hydrogen-bond acceptors (Lipinski definition) is 4. The van der Waals surface area contributed by atoms with Gasteiger partial charge in [0, 0.05) is 32.5 Å². The summed E-state index contributed by atoms with van der Waals surface area (Å²) in [6.07, 6.45) is 9.60. The van der Waals surface area contributed by atoms with Gasteiger partial charge in [-0.2, -0.15) is 0 Å². The molecule has 2 amide bonds. The molecule has 0 bridgehead atoms. The first-order valence-electron chi connectivity index (χ1n) is 9.63. The first-order valence-corrected chi connectivity index (χ1v) is 9.63. The van der Waals surface area contributed by atoms with Gasteiger partial charge in [-0.1, -0.05) is 25.7 Å². The van der Waals surface area contributed by atoms with Gasteiger partial charge in [0.25, 0.3) is 0 Å². The van der Waals surface area contributed by atoms with Gasteiger partial charge in [-0.15, -0.1) is 0 Å². The summed E-state index contributed by atoms with van der Waals surface area (Å²) in [6.45, 7) is 5.25. The Morgan fingerprint density at radius 2 is 1.92 bits per heavy atom. The van der Waals surface area contributed by atoms with E-state index in [0.29, 0.717) is 39.0 Å². The van der Waals surface area contributed by atoms with Crippen LogP contribution in [-0.4, -0.2) is 61.8 Å². The second kappa shape index (κ2) is 8.50. The molecule has 6 heteroatoms. The topological polar surface area (TPSA) is 60.0 Å². The van der Waals surface area contributed by atoms with Gasteiger partial charge in [-0.05, 0) is 19.8 Å². The first kappa shape index (κ1) is 18.0. The normalized spacial score (nSPS) is 28.0. The number of nitrogens with one attached hydrogen (secondary N) is 1. The highest BCUT2D eigenvalue weighted by Gasteiger charge is 2.43. The predicted molar refractivity (Wildman–Crippen MR) is 90.9 cm³/mol. The molecule has 24 heavy (non-hydrogen) atoms. The van der Waals surface area contributed by atoms with Crippen LogP contribution in [0.4, 0.5) is 4.79 Å². The Balaban J connectivity index is 1.30. The van der Waals surface area contributed by atoms with Gasteiger partial charge in [0.2, 0.25) is 0 Å². The maximum absolute atomic E-state index is 12.2. The SMILES string of the molecule is CC1COC2(CCN(C(=O)NCCOC3CCCCCC3)CC2)O1. The number of likely N-dealkylation sites (tertiary alicyclic amines) is 1. The number of urea groups is 1. The quantitative estimate of drug-likeness (QED) is 0.631. The molecule has 1 spiro atoms. The lowest BCUT2D eigenvalue weighted by molar-refractivity contribution is -0.189. The molecule has 1 atom stereocenters. The molecule has 0 radical (unpaired) electrons. The van der Waals surface area contributed by atoms with Crippen LogP contribution in [-0.2, 0) is 14.2 Å². The van der Waals surface area contributed by atoms with E-state index >= 15 is 0 Å². The van der Waals surface area contributed by atoms with Crippen LogP contribution < -0.4 is 5.32 Å². The fourth-order valence-corrected chi connectivity index (χ4v) is 3.92. The molecule has 1 saturated carbocycles. The van der Waals surface area contributed by atoms with E-state index in [4.69, 9.17) is 14.2 Å². The second-order valence-corrected chi connectivity index (χ2v) is 7.35. The van der Waals surface area contributed by atoms with Crippen LogP contribution >= 0.6 is 0 Å². The summed E-state index contributed by atoms with van der Waals surface area (Å²) in [7, 11) is 0. The average Bonchev–Trinajstić information content (AvgIpc) is 2.78. The van der Waals surface area contributed by atoms with Gasteiger partial charge in [0.05, 0.1) is 25.4 Å². The summed E-state index contributed by atoms with van der Waals surface area (Å²) >= 11 is 0. The third-order valence-corrected chi connectivity index (χ3v) is 5.34. The monoisotopic (exact) mass is 340 g/mol. The number of rotatable bonds is 4. The van der Waals surface area contributed by atoms with Crippen molar-refractivity contribution in [1.29, 1.82) is 0 Å². The van der Waals surface area contributed by atoms with Crippen LogP contribution in [0.1, 0.15) is 58.3 Å². The third-order valence-electron chi connectivity index (χ3n) is 5.34. The molecule has 138 valence electrons. The van der Waals surface area contributed by atoms with E-state index in [-0.39, 0.29) is 12.1 Å². The van der Waals surface area contributed by atoms with Crippen molar-refractivity contribution in [3.63, 3.8) is 0 Å². The standard InChI is InChI=1S/C18H32N2O4/c1-15-14-23-18(24-15)8-11-20(12-9-18)17(21)19-10-13-22-16-6-4-2-3-5-7-16/h15-16H,2-14H2,1H3,(H,19,21). The Labute approximate surface area is 145 Å². The van der Waals surface area contributed by atoms with Crippen molar-refractivity contribution in [2.45, 2.75) is 76.3 Å². The average molecular weight is 340 g/mol. The van der Waals surface area contributed by atoms with Crippen molar-refractivity contribution in [3.05, 3.63) is 0 Å². The van der Waals surface area contributed by atoms with Crippen molar-refractivity contribution < 1.29 is 19.0 Å². The van der Waals surface area contributed by atoms with Crippen LogP contribution in [0.3, 0.4) is 0 Å². The summed E-state index contributed by atoms with van der Waals surface area (Å²) in [6, 6.07) is 0.000335. The van der Waals surface area contributed by atoms with E-state index < -0.39 is 5.79 Å². The lowest BCUT2D eigenvalue weighted by atomic mass is 10.0. The molecule has 0 aromatic heterocycles. The van der Waals surface area contributed by atoms with E-state index in [1.165, 1.54) is 38.5 Å². The predicted octanol–water partition coefficient (Wildman–Crippen LogP) is 2.66. The number of ether oxygens (including phenoxy) is 3. The van der Waals surface area contributed by atoms with E-state index in [0.717, 1.165) is 12.8 Å². The van der Waals surface area contributed by atoms with Crippen molar-refractivity contribution in [2.75, 3.05) is 32.8 Å². The highest BCUT2D eigenvalue weighted by molar-refractivity contribution is 5.74. The van der Waals surface area contributed by atoms with Gasteiger partial charge in [-0.25, -0.2) is 4.79 Å². The van der Waals surface area contributed by atoms with E-state index in [1.807, 2.05) is 11.8 Å².